The van der Waals surface area contributed by atoms with E-state index in [-0.39, 0.29) is 0 Å². The van der Waals surface area contributed by atoms with Crippen LogP contribution >= 0.6 is 23.1 Å². The van der Waals surface area contributed by atoms with Gasteiger partial charge >= 0.3 is 0 Å². The summed E-state index contributed by atoms with van der Waals surface area (Å²) in [5.74, 6) is 2.41. The van der Waals surface area contributed by atoms with E-state index in [1.54, 1.807) is 18.1 Å². The van der Waals surface area contributed by atoms with Crippen molar-refractivity contribution >= 4 is 33.3 Å². The lowest BCUT2D eigenvalue weighted by Crippen LogP contribution is -2.15. The number of thiophene rings is 1. The molecule has 25 heavy (non-hydrogen) atoms. The summed E-state index contributed by atoms with van der Waals surface area (Å²) in [4.78, 5) is 12.9. The van der Waals surface area contributed by atoms with Crippen LogP contribution in [0.5, 0.6) is 11.5 Å². The Morgan fingerprint density at radius 1 is 1.16 bits per heavy atom. The second kappa shape index (κ2) is 6.18. The van der Waals surface area contributed by atoms with Gasteiger partial charge in [0.2, 0.25) is 0 Å². The molecule has 3 heterocycles. The summed E-state index contributed by atoms with van der Waals surface area (Å²) in [6.45, 7) is 3.56. The summed E-state index contributed by atoms with van der Waals surface area (Å²) in [5.41, 5.74) is 1.47. The fraction of sp³-hybridized carbons (Fsp3) is 0.368. The van der Waals surface area contributed by atoms with Gasteiger partial charge in [-0.1, -0.05) is 18.7 Å². The molecule has 1 aliphatic carbocycles. The van der Waals surface area contributed by atoms with E-state index in [1.165, 1.54) is 28.7 Å². The van der Waals surface area contributed by atoms with Crippen molar-refractivity contribution in [3.63, 3.8) is 0 Å². The maximum atomic E-state index is 5.71. The molecule has 0 saturated heterocycles. The molecule has 2 aliphatic rings. The molecule has 3 aromatic rings. The molecular formula is C19H18N2O2S2. The molecule has 0 bridgehead atoms. The maximum Gasteiger partial charge on any atom is 0.162 e. The monoisotopic (exact) mass is 370 g/mol. The largest absolute Gasteiger partial charge is 0.486 e. The minimum Gasteiger partial charge on any atom is -0.486 e. The Hall–Kier alpha value is -1.79. The van der Waals surface area contributed by atoms with E-state index in [0.29, 0.717) is 13.2 Å². The maximum absolute atomic E-state index is 5.71. The Balaban J connectivity index is 1.55. The summed E-state index contributed by atoms with van der Waals surface area (Å²) < 4.78 is 11.3. The van der Waals surface area contributed by atoms with Gasteiger partial charge in [-0.2, -0.15) is 0 Å². The Morgan fingerprint density at radius 2 is 2.04 bits per heavy atom. The molecule has 1 aromatic carbocycles. The summed E-state index contributed by atoms with van der Waals surface area (Å²) in [6, 6.07) is 6.11. The van der Waals surface area contributed by atoms with Crippen LogP contribution < -0.4 is 9.47 Å². The van der Waals surface area contributed by atoms with Crippen LogP contribution in [0.2, 0.25) is 0 Å². The molecule has 128 valence electrons. The first-order chi connectivity index (χ1) is 12.3. The average Bonchev–Trinajstić information content (AvgIpc) is 3.00. The molecular weight excluding hydrogens is 352 g/mol. The predicted molar refractivity (Wildman–Crippen MR) is 100 cm³/mol. The highest BCUT2D eigenvalue weighted by molar-refractivity contribution is 7.99. The van der Waals surface area contributed by atoms with E-state index in [1.807, 2.05) is 23.5 Å². The van der Waals surface area contributed by atoms with Gasteiger partial charge < -0.3 is 9.47 Å². The molecule has 4 nitrogen and oxygen atoms in total. The zero-order valence-electron chi connectivity index (χ0n) is 13.9. The Labute approximate surface area is 154 Å². The second-order valence-electron chi connectivity index (χ2n) is 6.62. The van der Waals surface area contributed by atoms with Crippen LogP contribution in [0.15, 0.2) is 34.4 Å². The number of benzene rings is 1. The van der Waals surface area contributed by atoms with E-state index in [9.17, 15) is 0 Å². The summed E-state index contributed by atoms with van der Waals surface area (Å²) in [6.07, 6.45) is 5.25. The Bertz CT molecular complexity index is 954. The summed E-state index contributed by atoms with van der Waals surface area (Å²) in [5, 5.41) is 2.31. The van der Waals surface area contributed by atoms with Crippen molar-refractivity contribution in [3.8, 4) is 11.5 Å². The normalized spacial score (nSPS) is 19.0. The van der Waals surface area contributed by atoms with Crippen LogP contribution in [-0.2, 0) is 12.8 Å². The number of hydrogen-bond donors (Lipinski definition) is 0. The molecule has 0 amide bonds. The highest BCUT2D eigenvalue weighted by Gasteiger charge is 2.23. The predicted octanol–water partition coefficient (Wildman–Crippen LogP) is 4.74. The minimum atomic E-state index is 0.606. The number of fused-ring (bicyclic) bond motifs is 4. The molecule has 5 rings (SSSR count). The van der Waals surface area contributed by atoms with Gasteiger partial charge in [-0.25, -0.2) is 9.97 Å². The van der Waals surface area contributed by atoms with Crippen LogP contribution in [0.4, 0.5) is 0 Å². The molecule has 2 aromatic heterocycles. The molecule has 0 saturated carbocycles. The highest BCUT2D eigenvalue weighted by atomic mass is 32.2. The fourth-order valence-corrected chi connectivity index (χ4v) is 5.88. The van der Waals surface area contributed by atoms with E-state index in [0.717, 1.165) is 38.6 Å². The lowest BCUT2D eigenvalue weighted by atomic mass is 9.89. The van der Waals surface area contributed by atoms with Crippen molar-refractivity contribution < 1.29 is 9.47 Å². The van der Waals surface area contributed by atoms with Gasteiger partial charge in [-0.3, -0.25) is 0 Å². The molecule has 0 radical (unpaired) electrons. The van der Waals surface area contributed by atoms with Crippen LogP contribution in [0.3, 0.4) is 0 Å². The first-order valence-corrected chi connectivity index (χ1v) is 10.2. The van der Waals surface area contributed by atoms with Crippen molar-refractivity contribution in [3.05, 3.63) is 35.0 Å². The molecule has 0 N–H and O–H groups in total. The van der Waals surface area contributed by atoms with Gasteiger partial charge in [0.1, 0.15) is 29.4 Å². The molecule has 1 atom stereocenters. The first kappa shape index (κ1) is 15.5. The molecule has 0 fully saturated rings. The topological polar surface area (TPSA) is 44.2 Å². The zero-order valence-corrected chi connectivity index (χ0v) is 15.6. The minimum absolute atomic E-state index is 0.606. The van der Waals surface area contributed by atoms with Crippen molar-refractivity contribution in [2.24, 2.45) is 5.92 Å². The Kier molecular flexibility index (Phi) is 3.82. The third-order valence-electron chi connectivity index (χ3n) is 4.79. The molecule has 0 spiro atoms. The van der Waals surface area contributed by atoms with E-state index >= 15 is 0 Å². The van der Waals surface area contributed by atoms with E-state index < -0.39 is 0 Å². The van der Waals surface area contributed by atoms with Gasteiger partial charge in [-0.15, -0.1) is 11.3 Å². The van der Waals surface area contributed by atoms with Crippen molar-refractivity contribution in [1.82, 2.24) is 9.97 Å². The van der Waals surface area contributed by atoms with E-state index in [2.05, 4.69) is 23.0 Å². The number of nitrogens with zero attached hydrogens (tertiary/aromatic N) is 2. The first-order valence-electron chi connectivity index (χ1n) is 8.60. The number of hydrogen-bond acceptors (Lipinski definition) is 6. The number of aromatic nitrogens is 2. The van der Waals surface area contributed by atoms with Crippen LogP contribution in [0, 0.1) is 5.92 Å². The van der Waals surface area contributed by atoms with Gasteiger partial charge in [0.25, 0.3) is 0 Å². The van der Waals surface area contributed by atoms with Crippen LogP contribution in [0.25, 0.3) is 10.2 Å². The number of aryl methyl sites for hydroxylation is 1. The van der Waals surface area contributed by atoms with Gasteiger partial charge in [0.05, 0.1) is 0 Å². The standard InChI is InChI=1S/C19H18N2O2S2/c1-11-2-4-13-16(8-11)25-19-17(13)18(20-10-21-19)24-12-3-5-14-15(9-12)23-7-6-22-14/h3,5,9-11H,2,4,6-8H2,1H3/t11-/m0/s1. The fourth-order valence-electron chi connectivity index (χ4n) is 3.52. The van der Waals surface area contributed by atoms with Crippen molar-refractivity contribution in [2.75, 3.05) is 13.2 Å². The van der Waals surface area contributed by atoms with Crippen molar-refractivity contribution in [1.29, 1.82) is 0 Å². The van der Waals surface area contributed by atoms with Gasteiger partial charge in [-0.05, 0) is 48.9 Å². The summed E-state index contributed by atoms with van der Waals surface area (Å²) in [7, 11) is 0. The van der Waals surface area contributed by atoms with E-state index in [4.69, 9.17) is 9.47 Å². The smallest absolute Gasteiger partial charge is 0.162 e. The third kappa shape index (κ3) is 2.77. The SMILES string of the molecule is C[C@H]1CCc2c(sc3ncnc(Sc4ccc5c(c4)OCCO5)c23)C1. The van der Waals surface area contributed by atoms with Crippen molar-refractivity contribution in [2.45, 2.75) is 36.1 Å². The third-order valence-corrected chi connectivity index (χ3v) is 6.94. The van der Waals surface area contributed by atoms with Crippen LogP contribution in [0.1, 0.15) is 23.8 Å². The second-order valence-corrected chi connectivity index (χ2v) is 8.76. The Morgan fingerprint density at radius 3 is 2.96 bits per heavy atom. The number of rotatable bonds is 2. The molecule has 1 aliphatic heterocycles. The quantitative estimate of drug-likeness (QED) is 0.610. The number of ether oxygens (including phenoxy) is 2. The molecule has 0 unspecified atom stereocenters. The van der Waals surface area contributed by atoms with Crippen LogP contribution in [-0.4, -0.2) is 23.2 Å². The van der Waals surface area contributed by atoms with Gasteiger partial charge in [0, 0.05) is 15.2 Å². The molecule has 6 heteroatoms. The van der Waals surface area contributed by atoms with Gasteiger partial charge in [0.15, 0.2) is 11.5 Å². The zero-order chi connectivity index (χ0) is 16.8. The summed E-state index contributed by atoms with van der Waals surface area (Å²) >= 11 is 3.53. The average molecular weight is 370 g/mol. The lowest BCUT2D eigenvalue weighted by Gasteiger charge is -2.19. The lowest BCUT2D eigenvalue weighted by molar-refractivity contribution is 0.171. The highest BCUT2D eigenvalue weighted by Crippen LogP contribution is 2.43.